The van der Waals surface area contributed by atoms with Gasteiger partial charge in [0, 0.05) is 25.0 Å². The molecule has 0 aliphatic carbocycles. The first-order valence-corrected chi connectivity index (χ1v) is 8.08. The van der Waals surface area contributed by atoms with Crippen molar-refractivity contribution in [2.75, 3.05) is 13.1 Å². The number of para-hydroxylation sites is 1. The van der Waals surface area contributed by atoms with Gasteiger partial charge in [-0.2, -0.15) is 4.83 Å². The number of hydrogen-bond donors (Lipinski definition) is 1. The van der Waals surface area contributed by atoms with Gasteiger partial charge in [0.05, 0.1) is 10.2 Å². The van der Waals surface area contributed by atoms with Crippen molar-refractivity contribution < 1.29 is 0 Å². The summed E-state index contributed by atoms with van der Waals surface area (Å²) in [6.07, 6.45) is 5.33. The zero-order valence-corrected chi connectivity index (χ0v) is 11.9. The molecule has 3 rings (SSSR count). The van der Waals surface area contributed by atoms with E-state index in [-0.39, 0.29) is 0 Å². The fraction of sp³-hybridized carbons (Fsp3) is 0.462. The highest BCUT2D eigenvalue weighted by Crippen LogP contribution is 2.28. The fourth-order valence-corrected chi connectivity index (χ4v) is 3.94. The van der Waals surface area contributed by atoms with Crippen LogP contribution >= 0.6 is 23.3 Å². The summed E-state index contributed by atoms with van der Waals surface area (Å²) in [5.41, 5.74) is 1.10. The van der Waals surface area contributed by atoms with Gasteiger partial charge in [0.2, 0.25) is 0 Å². The average Bonchev–Trinajstić information content (AvgIpc) is 2.63. The summed E-state index contributed by atoms with van der Waals surface area (Å²) in [6.45, 7) is 2.30. The van der Waals surface area contributed by atoms with Gasteiger partial charge in [0.1, 0.15) is 0 Å². The molecule has 5 heteroatoms. The first-order chi connectivity index (χ1) is 8.92. The van der Waals surface area contributed by atoms with Crippen molar-refractivity contribution in [3.8, 4) is 0 Å². The Labute approximate surface area is 116 Å². The van der Waals surface area contributed by atoms with Crippen LogP contribution in [-0.4, -0.2) is 23.1 Å². The average molecular weight is 279 g/mol. The van der Waals surface area contributed by atoms with Crippen molar-refractivity contribution >= 4 is 33.5 Å². The van der Waals surface area contributed by atoms with Crippen molar-refractivity contribution in [3.05, 3.63) is 24.3 Å². The van der Waals surface area contributed by atoms with E-state index in [1.807, 2.05) is 6.07 Å². The summed E-state index contributed by atoms with van der Waals surface area (Å²) >= 11 is 3.40. The zero-order valence-electron chi connectivity index (χ0n) is 10.3. The van der Waals surface area contributed by atoms with Crippen molar-refractivity contribution in [3.63, 3.8) is 0 Å². The van der Waals surface area contributed by atoms with Crippen molar-refractivity contribution in [1.82, 2.24) is 14.8 Å². The van der Waals surface area contributed by atoms with E-state index in [0.29, 0.717) is 0 Å². The summed E-state index contributed by atoms with van der Waals surface area (Å²) in [6, 6.07) is 8.31. The smallest absolute Gasteiger partial charge is 0.167 e. The fourth-order valence-electron chi connectivity index (χ4n) is 2.16. The molecule has 3 nitrogen and oxygen atoms in total. The second-order valence-electron chi connectivity index (χ2n) is 4.54. The third-order valence-electron chi connectivity index (χ3n) is 3.14. The third kappa shape index (κ3) is 3.03. The van der Waals surface area contributed by atoms with Gasteiger partial charge in [0.25, 0.3) is 0 Å². The Bertz CT molecular complexity index is 471. The van der Waals surface area contributed by atoms with Crippen molar-refractivity contribution in [2.24, 2.45) is 0 Å². The molecule has 2 heterocycles. The lowest BCUT2D eigenvalue weighted by molar-refractivity contribution is 0.261. The van der Waals surface area contributed by atoms with E-state index in [2.05, 4.69) is 33.0 Å². The van der Waals surface area contributed by atoms with Crippen molar-refractivity contribution in [1.29, 1.82) is 0 Å². The van der Waals surface area contributed by atoms with E-state index in [1.165, 1.54) is 30.4 Å². The lowest BCUT2D eigenvalue weighted by atomic mass is 10.2. The molecule has 1 fully saturated rings. The highest BCUT2D eigenvalue weighted by atomic mass is 32.2. The Hall–Kier alpha value is -0.620. The Balaban J connectivity index is 1.61. The number of nitrogens with zero attached hydrogens (tertiary/aromatic N) is 2. The summed E-state index contributed by atoms with van der Waals surface area (Å²) in [5.74, 6) is 0. The molecule has 1 aliphatic heterocycles. The minimum atomic E-state index is 1.10. The van der Waals surface area contributed by atoms with Crippen LogP contribution in [0.4, 0.5) is 0 Å². The van der Waals surface area contributed by atoms with Crippen molar-refractivity contribution in [2.45, 2.75) is 30.0 Å². The zero-order chi connectivity index (χ0) is 12.2. The quantitative estimate of drug-likeness (QED) is 0.868. The van der Waals surface area contributed by atoms with Gasteiger partial charge in [-0.15, -0.1) is 11.3 Å². The summed E-state index contributed by atoms with van der Waals surface area (Å²) < 4.78 is 2.36. The van der Waals surface area contributed by atoms with Crippen LogP contribution in [0.3, 0.4) is 0 Å². The minimum Gasteiger partial charge on any atom is -0.234 e. The number of aromatic nitrogens is 1. The highest BCUT2D eigenvalue weighted by Gasteiger charge is 2.10. The molecule has 1 aromatic heterocycles. The van der Waals surface area contributed by atoms with E-state index in [4.69, 9.17) is 0 Å². The predicted molar refractivity (Wildman–Crippen MR) is 78.7 cm³/mol. The molecule has 0 bridgehead atoms. The third-order valence-corrected chi connectivity index (χ3v) is 5.09. The molecule has 1 N–H and O–H groups in total. The summed E-state index contributed by atoms with van der Waals surface area (Å²) in [7, 11) is 0. The second-order valence-corrected chi connectivity index (χ2v) is 6.60. The van der Waals surface area contributed by atoms with Gasteiger partial charge in [0.15, 0.2) is 4.34 Å². The molecule has 0 saturated carbocycles. The molecule has 2 aromatic rings. The van der Waals surface area contributed by atoms with E-state index in [9.17, 15) is 0 Å². The molecule has 1 aromatic carbocycles. The van der Waals surface area contributed by atoms with Crippen LogP contribution < -0.4 is 4.83 Å². The van der Waals surface area contributed by atoms with E-state index in [1.54, 1.807) is 23.3 Å². The van der Waals surface area contributed by atoms with Crippen LogP contribution in [0.15, 0.2) is 28.6 Å². The van der Waals surface area contributed by atoms with Gasteiger partial charge in [-0.1, -0.05) is 25.0 Å². The van der Waals surface area contributed by atoms with Crippen LogP contribution in [0.5, 0.6) is 0 Å². The molecule has 1 saturated heterocycles. The first-order valence-electron chi connectivity index (χ1n) is 6.45. The molecule has 1 aliphatic rings. The lowest BCUT2D eigenvalue weighted by Crippen LogP contribution is -2.33. The standard InChI is InChI=1S/C13H17N3S2/c1-2-6-10-16(9-5-1)15-18-13-14-11-7-3-4-8-12(11)17-13/h3-4,7-8,15H,1-2,5-6,9-10H2. The molecular weight excluding hydrogens is 262 g/mol. The molecule has 0 amide bonds. The van der Waals surface area contributed by atoms with Crippen LogP contribution in [0, 0.1) is 0 Å². The maximum absolute atomic E-state index is 4.61. The normalized spacial score (nSPS) is 18.0. The van der Waals surface area contributed by atoms with Gasteiger partial charge in [-0.05, 0) is 25.0 Å². The van der Waals surface area contributed by atoms with Gasteiger partial charge < -0.3 is 0 Å². The molecular formula is C13H17N3S2. The summed E-state index contributed by atoms with van der Waals surface area (Å²) in [4.78, 5) is 8.05. The van der Waals surface area contributed by atoms with Crippen LogP contribution in [0.2, 0.25) is 0 Å². The molecule has 18 heavy (non-hydrogen) atoms. The Morgan fingerprint density at radius 3 is 2.67 bits per heavy atom. The van der Waals surface area contributed by atoms with Gasteiger partial charge >= 0.3 is 0 Å². The molecule has 0 spiro atoms. The predicted octanol–water partition coefficient (Wildman–Crippen LogP) is 3.68. The molecule has 0 atom stereocenters. The number of fused-ring (bicyclic) bond motifs is 1. The van der Waals surface area contributed by atoms with Crippen LogP contribution in [-0.2, 0) is 0 Å². The Morgan fingerprint density at radius 1 is 1.11 bits per heavy atom. The Morgan fingerprint density at radius 2 is 1.89 bits per heavy atom. The number of hydrogen-bond acceptors (Lipinski definition) is 5. The molecule has 0 radical (unpaired) electrons. The van der Waals surface area contributed by atoms with E-state index >= 15 is 0 Å². The second kappa shape index (κ2) is 6.02. The van der Waals surface area contributed by atoms with E-state index < -0.39 is 0 Å². The van der Waals surface area contributed by atoms with Crippen LogP contribution in [0.1, 0.15) is 25.7 Å². The number of thiazole rings is 1. The van der Waals surface area contributed by atoms with Gasteiger partial charge in [-0.25, -0.2) is 9.99 Å². The van der Waals surface area contributed by atoms with Gasteiger partial charge in [-0.3, -0.25) is 0 Å². The SMILES string of the molecule is c1ccc2sc(SNN3CCCCCC3)nc2c1. The minimum absolute atomic E-state index is 1.10. The maximum atomic E-state index is 4.61. The van der Waals surface area contributed by atoms with Crippen LogP contribution in [0.25, 0.3) is 10.2 Å². The largest absolute Gasteiger partial charge is 0.234 e. The number of benzene rings is 1. The highest BCUT2D eigenvalue weighted by molar-refractivity contribution is 7.99. The monoisotopic (exact) mass is 279 g/mol. The van der Waals surface area contributed by atoms with E-state index in [0.717, 1.165) is 22.9 Å². The lowest BCUT2D eigenvalue weighted by Gasteiger charge is -2.18. The molecule has 96 valence electrons. The topological polar surface area (TPSA) is 28.2 Å². The molecule has 0 unspecified atom stereocenters. The first kappa shape index (κ1) is 12.4. The summed E-state index contributed by atoms with van der Waals surface area (Å²) in [5, 5.41) is 2.32. The number of rotatable bonds is 3. The maximum Gasteiger partial charge on any atom is 0.167 e. The Kier molecular flexibility index (Phi) is 4.15. The number of hydrazine groups is 1. The number of nitrogens with one attached hydrogen (secondary N) is 1.